The topological polar surface area (TPSA) is 76.9 Å². The van der Waals surface area contributed by atoms with Crippen molar-refractivity contribution in [1.82, 2.24) is 14.1 Å². The highest BCUT2D eigenvalue weighted by molar-refractivity contribution is 4.75. The minimum absolute atomic E-state index is 0.395. The molecule has 6 nitrogen and oxygen atoms in total. The van der Waals surface area contributed by atoms with Crippen molar-refractivity contribution < 1.29 is 0 Å². The Labute approximate surface area is 277 Å². The van der Waals surface area contributed by atoms with Gasteiger partial charge < -0.3 is 0 Å². The Kier molecular flexibility index (Phi) is 28.6. The summed E-state index contributed by atoms with van der Waals surface area (Å²) in [6.07, 6.45) is 41.3. The molecule has 1 rings (SSSR count). The summed E-state index contributed by atoms with van der Waals surface area (Å²) in [7, 11) is 0. The molecule has 0 saturated carbocycles. The minimum atomic E-state index is -0.561. The first-order valence-electron chi connectivity index (χ1n) is 20.1. The zero-order valence-corrected chi connectivity index (χ0v) is 30.2. The van der Waals surface area contributed by atoms with Crippen molar-refractivity contribution in [1.29, 1.82) is 0 Å². The van der Waals surface area contributed by atoms with E-state index in [2.05, 4.69) is 18.8 Å². The van der Waals surface area contributed by atoms with Gasteiger partial charge in [-0.3, -0.25) is 4.98 Å². The maximum Gasteiger partial charge on any atom is 0.336 e. The largest absolute Gasteiger partial charge is 0.336 e. The smallest absolute Gasteiger partial charge is 0.259 e. The molecule has 0 atom stereocenters. The molecule has 0 aromatic carbocycles. The summed E-state index contributed by atoms with van der Waals surface area (Å²) in [6.45, 7) is 5.34. The van der Waals surface area contributed by atoms with E-state index in [0.717, 1.165) is 38.5 Å². The van der Waals surface area contributed by atoms with Crippen molar-refractivity contribution in [3.63, 3.8) is 0 Å². The Hall–Kier alpha value is -1.59. The lowest BCUT2D eigenvalue weighted by Gasteiger charge is -2.09. The fourth-order valence-electron chi connectivity index (χ4n) is 6.58. The van der Waals surface area contributed by atoms with Gasteiger partial charge in [-0.15, -0.1) is 0 Å². The zero-order valence-electron chi connectivity index (χ0n) is 30.2. The Bertz CT molecular complexity index is 877. The molecule has 0 radical (unpaired) electrons. The number of unbranched alkanes of at least 4 members (excludes halogenated alkanes) is 30. The van der Waals surface area contributed by atoms with Gasteiger partial charge in [0, 0.05) is 13.1 Å². The van der Waals surface area contributed by atoms with Crippen LogP contribution in [0.15, 0.2) is 14.4 Å². The van der Waals surface area contributed by atoms with Gasteiger partial charge in [-0.2, -0.15) is 0 Å². The van der Waals surface area contributed by atoms with Gasteiger partial charge in [0.2, 0.25) is 0 Å². The molecule has 0 aliphatic carbocycles. The molecule has 6 heteroatoms. The van der Waals surface area contributed by atoms with Gasteiger partial charge in [0.1, 0.15) is 0 Å². The van der Waals surface area contributed by atoms with Crippen LogP contribution in [0.4, 0.5) is 0 Å². The normalized spacial score (nSPS) is 11.5. The van der Waals surface area contributed by atoms with E-state index in [4.69, 9.17) is 0 Å². The van der Waals surface area contributed by atoms with Crippen LogP contribution in [0.5, 0.6) is 0 Å². The van der Waals surface area contributed by atoms with Crippen LogP contribution in [0.3, 0.4) is 0 Å². The number of nitrogens with zero attached hydrogens (tertiary/aromatic N) is 2. The first kappa shape index (κ1) is 41.4. The predicted octanol–water partition coefficient (Wildman–Crippen LogP) is 11.2. The molecule has 1 aromatic rings. The van der Waals surface area contributed by atoms with E-state index in [9.17, 15) is 14.4 Å². The van der Waals surface area contributed by atoms with E-state index < -0.39 is 17.1 Å². The molecule has 0 aliphatic rings. The van der Waals surface area contributed by atoms with E-state index in [1.54, 1.807) is 0 Å². The van der Waals surface area contributed by atoms with Crippen molar-refractivity contribution in [2.75, 3.05) is 0 Å². The monoisotopic (exact) mass is 634 g/mol. The van der Waals surface area contributed by atoms with Gasteiger partial charge in [0.15, 0.2) is 0 Å². The minimum Gasteiger partial charge on any atom is -0.259 e. The summed E-state index contributed by atoms with van der Waals surface area (Å²) in [5.41, 5.74) is -1.56. The lowest BCUT2D eigenvalue weighted by Crippen LogP contribution is -2.49. The lowest BCUT2D eigenvalue weighted by atomic mass is 10.0. The average Bonchev–Trinajstić information content (AvgIpc) is 3.03. The summed E-state index contributed by atoms with van der Waals surface area (Å²) in [5, 5.41) is 0. The van der Waals surface area contributed by atoms with Crippen LogP contribution < -0.4 is 17.1 Å². The molecule has 1 heterocycles. The van der Waals surface area contributed by atoms with Gasteiger partial charge in [0.05, 0.1) is 0 Å². The van der Waals surface area contributed by atoms with Gasteiger partial charge in [0.25, 0.3) is 0 Å². The van der Waals surface area contributed by atoms with Gasteiger partial charge >= 0.3 is 17.1 Å². The molecule has 0 spiro atoms. The Morgan fingerprint density at radius 2 is 0.533 bits per heavy atom. The molecule has 0 unspecified atom stereocenters. The fraction of sp³-hybridized carbons (Fsp3) is 0.923. The second kappa shape index (κ2) is 31.0. The highest BCUT2D eigenvalue weighted by atomic mass is 16.2. The summed E-state index contributed by atoms with van der Waals surface area (Å²) in [4.78, 5) is 39.9. The third kappa shape index (κ3) is 23.4. The van der Waals surface area contributed by atoms with Crippen LogP contribution in [-0.4, -0.2) is 14.1 Å². The van der Waals surface area contributed by atoms with Gasteiger partial charge in [-0.05, 0) is 12.8 Å². The number of hydrogen-bond acceptors (Lipinski definition) is 3. The molecule has 0 saturated heterocycles. The van der Waals surface area contributed by atoms with Gasteiger partial charge in [-0.1, -0.05) is 206 Å². The molecule has 0 aliphatic heterocycles. The highest BCUT2D eigenvalue weighted by Gasteiger charge is 2.09. The van der Waals surface area contributed by atoms with Crippen molar-refractivity contribution in [2.24, 2.45) is 0 Å². The first-order valence-corrected chi connectivity index (χ1v) is 20.1. The third-order valence-corrected chi connectivity index (χ3v) is 9.64. The Morgan fingerprint density at radius 1 is 0.333 bits per heavy atom. The number of H-pyrrole nitrogens is 1. The molecule has 1 N–H and O–H groups in total. The second-order valence-corrected chi connectivity index (χ2v) is 13.9. The van der Waals surface area contributed by atoms with Crippen LogP contribution >= 0.6 is 0 Å². The van der Waals surface area contributed by atoms with E-state index >= 15 is 0 Å². The van der Waals surface area contributed by atoms with Crippen molar-refractivity contribution in [2.45, 2.75) is 232 Å². The molecule has 0 fully saturated rings. The van der Waals surface area contributed by atoms with Crippen LogP contribution in [0, 0.1) is 0 Å². The summed E-state index contributed by atoms with van der Waals surface area (Å²) < 4.78 is 2.47. The lowest BCUT2D eigenvalue weighted by molar-refractivity contribution is 0.460. The highest BCUT2D eigenvalue weighted by Crippen LogP contribution is 2.15. The van der Waals surface area contributed by atoms with E-state index in [0.29, 0.717) is 13.1 Å². The standard InChI is InChI=1S/C39H75N3O3/c1-3-5-7-9-11-13-15-17-19-21-23-25-27-29-31-33-35-41-37(43)40-38(44)42(39(41)45)36-34-32-30-28-26-24-22-20-18-16-14-12-10-8-6-4-2/h3-36H2,1-2H3,(H,40,43,44). The summed E-state index contributed by atoms with van der Waals surface area (Å²) >= 11 is 0. The first-order chi connectivity index (χ1) is 22.1. The number of aromatic nitrogens is 3. The fourth-order valence-corrected chi connectivity index (χ4v) is 6.58. The van der Waals surface area contributed by atoms with E-state index in [1.165, 1.54) is 176 Å². The van der Waals surface area contributed by atoms with Crippen LogP contribution in [0.1, 0.15) is 219 Å². The van der Waals surface area contributed by atoms with Gasteiger partial charge in [-0.25, -0.2) is 23.5 Å². The molecule has 1 aromatic heterocycles. The molecule has 0 amide bonds. The summed E-state index contributed by atoms with van der Waals surface area (Å²) in [6, 6.07) is 0. The average molecular weight is 634 g/mol. The van der Waals surface area contributed by atoms with Crippen molar-refractivity contribution in [3.8, 4) is 0 Å². The maximum atomic E-state index is 12.9. The van der Waals surface area contributed by atoms with E-state index in [-0.39, 0.29) is 0 Å². The second-order valence-electron chi connectivity index (χ2n) is 13.9. The van der Waals surface area contributed by atoms with Crippen molar-refractivity contribution >= 4 is 0 Å². The van der Waals surface area contributed by atoms with Crippen LogP contribution in [-0.2, 0) is 13.1 Å². The Balaban J connectivity index is 2.06. The molecular weight excluding hydrogens is 558 g/mol. The number of hydrogen-bond donors (Lipinski definition) is 1. The van der Waals surface area contributed by atoms with Crippen LogP contribution in [0.2, 0.25) is 0 Å². The third-order valence-electron chi connectivity index (χ3n) is 9.64. The maximum absolute atomic E-state index is 12.9. The number of rotatable bonds is 34. The molecule has 0 bridgehead atoms. The molecule has 264 valence electrons. The zero-order chi connectivity index (χ0) is 32.6. The molecule has 45 heavy (non-hydrogen) atoms. The summed E-state index contributed by atoms with van der Waals surface area (Å²) in [5.74, 6) is 0. The predicted molar refractivity (Wildman–Crippen MR) is 195 cm³/mol. The van der Waals surface area contributed by atoms with Crippen molar-refractivity contribution in [3.05, 3.63) is 31.5 Å². The SMILES string of the molecule is CCCCCCCCCCCCCCCCCCn1c(=O)[nH]c(=O)n(CCCCCCCCCCCCCCCCCC)c1=O. The molecular formula is C39H75N3O3. The quantitative estimate of drug-likeness (QED) is 0.0767. The Morgan fingerprint density at radius 3 is 0.756 bits per heavy atom. The van der Waals surface area contributed by atoms with E-state index in [1.807, 2.05) is 0 Å². The van der Waals surface area contributed by atoms with Crippen LogP contribution in [0.25, 0.3) is 0 Å². The number of aromatic amines is 1. The number of nitrogens with one attached hydrogen (secondary N) is 1.